The van der Waals surface area contributed by atoms with Crippen molar-refractivity contribution in [2.75, 3.05) is 18.1 Å². The van der Waals surface area contributed by atoms with Crippen LogP contribution in [0.4, 0.5) is 11.4 Å². The van der Waals surface area contributed by atoms with E-state index in [0.717, 1.165) is 16.8 Å². The fourth-order valence-electron chi connectivity index (χ4n) is 2.45. The lowest BCUT2D eigenvalue weighted by molar-refractivity contribution is 0.321. The van der Waals surface area contributed by atoms with Crippen molar-refractivity contribution < 1.29 is 9.47 Å². The fourth-order valence-corrected chi connectivity index (χ4v) is 2.45. The van der Waals surface area contributed by atoms with E-state index in [1.807, 2.05) is 61.5 Å². The zero-order valence-corrected chi connectivity index (χ0v) is 13.5. The van der Waals surface area contributed by atoms with Gasteiger partial charge in [0.05, 0.1) is 6.61 Å². The number of para-hydroxylation sites is 1. The van der Waals surface area contributed by atoms with Crippen LogP contribution >= 0.6 is 0 Å². The molecule has 0 aliphatic heterocycles. The number of benzene rings is 3. The van der Waals surface area contributed by atoms with Crippen LogP contribution in [0.3, 0.4) is 0 Å². The fraction of sp³-hybridized carbons (Fsp3) is 0.100. The number of hydrogen-bond donors (Lipinski definition) is 2. The smallest absolute Gasteiger partial charge is 0.169 e. The number of nitrogen functional groups attached to an aromatic ring is 2. The second-order valence-electron chi connectivity index (χ2n) is 5.35. The van der Waals surface area contributed by atoms with E-state index in [4.69, 9.17) is 20.9 Å². The third kappa shape index (κ3) is 3.43. The molecule has 0 saturated heterocycles. The Morgan fingerprint density at radius 3 is 2.29 bits per heavy atom. The van der Waals surface area contributed by atoms with E-state index in [1.54, 1.807) is 12.1 Å². The van der Waals surface area contributed by atoms with Crippen LogP contribution in [0, 0.1) is 0 Å². The summed E-state index contributed by atoms with van der Waals surface area (Å²) in [6.45, 7) is 2.49. The molecule has 0 atom stereocenters. The van der Waals surface area contributed by atoms with Crippen molar-refractivity contribution in [3.63, 3.8) is 0 Å². The average Bonchev–Trinajstić information content (AvgIpc) is 2.59. The van der Waals surface area contributed by atoms with Gasteiger partial charge in [0, 0.05) is 16.9 Å². The molecular weight excluding hydrogens is 300 g/mol. The zero-order chi connectivity index (χ0) is 16.9. The van der Waals surface area contributed by atoms with Crippen LogP contribution in [0.15, 0.2) is 66.7 Å². The molecule has 4 heteroatoms. The first kappa shape index (κ1) is 15.7. The van der Waals surface area contributed by atoms with Crippen molar-refractivity contribution in [2.45, 2.75) is 6.92 Å². The van der Waals surface area contributed by atoms with E-state index in [1.165, 1.54) is 0 Å². The summed E-state index contributed by atoms with van der Waals surface area (Å²) >= 11 is 0. The Morgan fingerprint density at radius 1 is 0.833 bits per heavy atom. The molecule has 4 nitrogen and oxygen atoms in total. The van der Waals surface area contributed by atoms with Gasteiger partial charge in [-0.1, -0.05) is 24.3 Å². The Bertz CT molecular complexity index is 829. The summed E-state index contributed by atoms with van der Waals surface area (Å²) in [4.78, 5) is 0. The standard InChI is InChI=1S/C20H20N2O2/c1-2-23-20-13-14(17-5-3-4-6-18(17)22)7-12-19(20)24-16-10-8-15(21)9-11-16/h3-13H,2,21-22H2,1H3. The van der Waals surface area contributed by atoms with Gasteiger partial charge in [0.25, 0.3) is 0 Å². The van der Waals surface area contributed by atoms with E-state index in [2.05, 4.69) is 0 Å². The van der Waals surface area contributed by atoms with Gasteiger partial charge in [-0.2, -0.15) is 0 Å². The van der Waals surface area contributed by atoms with Crippen molar-refractivity contribution >= 4 is 11.4 Å². The minimum absolute atomic E-state index is 0.547. The normalized spacial score (nSPS) is 10.4. The van der Waals surface area contributed by atoms with Crippen LogP contribution in [0.5, 0.6) is 17.2 Å². The summed E-state index contributed by atoms with van der Waals surface area (Å²) in [5.74, 6) is 2.03. The minimum Gasteiger partial charge on any atom is -0.490 e. The van der Waals surface area contributed by atoms with Gasteiger partial charge < -0.3 is 20.9 Å². The van der Waals surface area contributed by atoms with E-state index in [-0.39, 0.29) is 0 Å². The number of nitrogens with two attached hydrogens (primary N) is 2. The van der Waals surface area contributed by atoms with Crippen LogP contribution in [-0.2, 0) is 0 Å². The van der Waals surface area contributed by atoms with Crippen LogP contribution < -0.4 is 20.9 Å². The molecule has 0 aliphatic rings. The maximum atomic E-state index is 6.07. The lowest BCUT2D eigenvalue weighted by Crippen LogP contribution is -1.96. The molecule has 0 aromatic heterocycles. The Kier molecular flexibility index (Phi) is 4.57. The highest BCUT2D eigenvalue weighted by Crippen LogP contribution is 2.37. The molecule has 0 spiro atoms. The molecule has 122 valence electrons. The molecule has 0 bridgehead atoms. The molecule has 4 N–H and O–H groups in total. The second-order valence-corrected chi connectivity index (χ2v) is 5.35. The lowest BCUT2D eigenvalue weighted by Gasteiger charge is -2.14. The SMILES string of the molecule is CCOc1cc(-c2ccccc2N)ccc1Oc1ccc(N)cc1. The first-order valence-electron chi connectivity index (χ1n) is 7.82. The summed E-state index contributed by atoms with van der Waals surface area (Å²) in [6.07, 6.45) is 0. The third-order valence-corrected chi connectivity index (χ3v) is 3.62. The molecule has 3 aromatic rings. The first-order chi connectivity index (χ1) is 11.7. The number of anilines is 2. The molecule has 0 unspecified atom stereocenters. The van der Waals surface area contributed by atoms with Crippen molar-refractivity contribution in [3.8, 4) is 28.4 Å². The van der Waals surface area contributed by atoms with Gasteiger partial charge in [-0.05, 0) is 55.0 Å². The molecule has 24 heavy (non-hydrogen) atoms. The maximum Gasteiger partial charge on any atom is 0.169 e. The highest BCUT2D eigenvalue weighted by Gasteiger charge is 2.10. The van der Waals surface area contributed by atoms with Gasteiger partial charge in [-0.15, -0.1) is 0 Å². The Hall–Kier alpha value is -3.14. The largest absolute Gasteiger partial charge is 0.490 e. The van der Waals surface area contributed by atoms with Crippen molar-refractivity contribution in [1.82, 2.24) is 0 Å². The van der Waals surface area contributed by atoms with Gasteiger partial charge in [0.1, 0.15) is 5.75 Å². The molecular formula is C20H20N2O2. The predicted molar refractivity (Wildman–Crippen MR) is 98.4 cm³/mol. The summed E-state index contributed by atoms with van der Waals surface area (Å²) in [7, 11) is 0. The van der Waals surface area contributed by atoms with Crippen LogP contribution in [-0.4, -0.2) is 6.61 Å². The molecule has 0 radical (unpaired) electrons. The zero-order valence-electron chi connectivity index (χ0n) is 13.5. The highest BCUT2D eigenvalue weighted by atomic mass is 16.5. The molecule has 0 heterocycles. The van der Waals surface area contributed by atoms with Crippen molar-refractivity contribution in [2.24, 2.45) is 0 Å². The Morgan fingerprint density at radius 2 is 1.58 bits per heavy atom. The predicted octanol–water partition coefficient (Wildman–Crippen LogP) is 4.71. The highest BCUT2D eigenvalue weighted by molar-refractivity contribution is 5.77. The van der Waals surface area contributed by atoms with Crippen molar-refractivity contribution in [1.29, 1.82) is 0 Å². The van der Waals surface area contributed by atoms with Gasteiger partial charge in [-0.3, -0.25) is 0 Å². The quantitative estimate of drug-likeness (QED) is 0.668. The van der Waals surface area contributed by atoms with Gasteiger partial charge in [0.15, 0.2) is 11.5 Å². The van der Waals surface area contributed by atoms with E-state index in [9.17, 15) is 0 Å². The maximum absolute atomic E-state index is 6.07. The van der Waals surface area contributed by atoms with Gasteiger partial charge >= 0.3 is 0 Å². The number of rotatable bonds is 5. The summed E-state index contributed by atoms with van der Waals surface area (Å²) < 4.78 is 11.7. The first-order valence-corrected chi connectivity index (χ1v) is 7.82. The Labute approximate surface area is 141 Å². The van der Waals surface area contributed by atoms with Crippen molar-refractivity contribution in [3.05, 3.63) is 66.7 Å². The summed E-state index contributed by atoms with van der Waals surface area (Å²) in [5.41, 5.74) is 15.2. The molecule has 0 saturated carbocycles. The van der Waals surface area contributed by atoms with Gasteiger partial charge in [-0.25, -0.2) is 0 Å². The van der Waals surface area contributed by atoms with Crippen LogP contribution in [0.2, 0.25) is 0 Å². The summed E-state index contributed by atoms with van der Waals surface area (Å²) in [5, 5.41) is 0. The molecule has 0 amide bonds. The lowest BCUT2D eigenvalue weighted by atomic mass is 10.0. The molecule has 0 aliphatic carbocycles. The number of ether oxygens (including phenoxy) is 2. The number of hydrogen-bond acceptors (Lipinski definition) is 4. The van der Waals surface area contributed by atoms with Crippen LogP contribution in [0.25, 0.3) is 11.1 Å². The van der Waals surface area contributed by atoms with E-state index >= 15 is 0 Å². The molecule has 3 aromatic carbocycles. The topological polar surface area (TPSA) is 70.5 Å². The van der Waals surface area contributed by atoms with E-state index in [0.29, 0.717) is 29.5 Å². The summed E-state index contributed by atoms with van der Waals surface area (Å²) in [6, 6.07) is 20.8. The minimum atomic E-state index is 0.547. The second kappa shape index (κ2) is 6.96. The van der Waals surface area contributed by atoms with Gasteiger partial charge in [0.2, 0.25) is 0 Å². The average molecular weight is 320 g/mol. The van der Waals surface area contributed by atoms with Crippen LogP contribution in [0.1, 0.15) is 6.92 Å². The Balaban J connectivity index is 1.95. The molecule has 3 rings (SSSR count). The third-order valence-electron chi connectivity index (χ3n) is 3.62. The van der Waals surface area contributed by atoms with E-state index < -0.39 is 0 Å². The monoisotopic (exact) mass is 320 g/mol. The molecule has 0 fully saturated rings.